The number of rotatable bonds is 4. The van der Waals surface area contributed by atoms with E-state index >= 15 is 0 Å². The Morgan fingerprint density at radius 2 is 2.03 bits per heavy atom. The highest BCUT2D eigenvalue weighted by atomic mass is 19.4. The summed E-state index contributed by atoms with van der Waals surface area (Å²) in [4.78, 5) is 5.94. The van der Waals surface area contributed by atoms with E-state index in [0.717, 1.165) is 6.07 Å². The van der Waals surface area contributed by atoms with Gasteiger partial charge in [0.15, 0.2) is 0 Å². The Morgan fingerprint density at radius 3 is 2.70 bits per heavy atom. The summed E-state index contributed by atoms with van der Waals surface area (Å²) in [5.74, 6) is -0.127. The van der Waals surface area contributed by atoms with Crippen molar-refractivity contribution in [1.82, 2.24) is 10.3 Å². The summed E-state index contributed by atoms with van der Waals surface area (Å²) in [6.45, 7) is 0.752. The predicted octanol–water partition coefficient (Wildman–Crippen LogP) is 3.86. The molecule has 30 heavy (non-hydrogen) atoms. The number of aromatic nitrogens is 1. The Labute approximate surface area is 171 Å². The summed E-state index contributed by atoms with van der Waals surface area (Å²) >= 11 is 0. The zero-order valence-corrected chi connectivity index (χ0v) is 16.3. The number of halogens is 4. The molecular formula is C21H22F4N4O. The van der Waals surface area contributed by atoms with Gasteiger partial charge in [-0.05, 0) is 36.3 Å². The van der Waals surface area contributed by atoms with Crippen molar-refractivity contribution < 1.29 is 22.3 Å². The third-order valence-electron chi connectivity index (χ3n) is 5.48. The van der Waals surface area contributed by atoms with Gasteiger partial charge in [0, 0.05) is 31.8 Å². The van der Waals surface area contributed by atoms with Gasteiger partial charge in [-0.3, -0.25) is 0 Å². The number of anilines is 1. The van der Waals surface area contributed by atoms with Crippen LogP contribution in [-0.4, -0.2) is 31.2 Å². The minimum absolute atomic E-state index is 0.105. The van der Waals surface area contributed by atoms with Gasteiger partial charge in [0.1, 0.15) is 17.4 Å². The molecule has 0 spiro atoms. The largest absolute Gasteiger partial charge is 0.496 e. The monoisotopic (exact) mass is 422 g/mol. The highest BCUT2D eigenvalue weighted by Gasteiger charge is 2.38. The van der Waals surface area contributed by atoms with Crippen molar-refractivity contribution >= 4 is 11.4 Å². The molecule has 3 N–H and O–H groups in total. The van der Waals surface area contributed by atoms with Crippen molar-refractivity contribution in [2.24, 2.45) is 5.73 Å². The molecule has 2 atom stereocenters. The van der Waals surface area contributed by atoms with Gasteiger partial charge in [-0.25, -0.2) is 9.37 Å². The molecule has 0 saturated carbocycles. The summed E-state index contributed by atoms with van der Waals surface area (Å²) in [6.07, 6.45) is -1.87. The van der Waals surface area contributed by atoms with Gasteiger partial charge in [-0.2, -0.15) is 13.2 Å². The number of ether oxygens (including phenoxy) is 1. The molecular weight excluding hydrogens is 400 g/mol. The van der Waals surface area contributed by atoms with Crippen LogP contribution in [0.2, 0.25) is 0 Å². The number of nitrogens with two attached hydrogens (primary N) is 1. The molecule has 0 radical (unpaired) electrons. The number of nitrogens with zero attached hydrogens (tertiary/aromatic N) is 2. The fourth-order valence-electron chi connectivity index (χ4n) is 3.99. The smallest absolute Gasteiger partial charge is 0.419 e. The Kier molecular flexibility index (Phi) is 5.31. The number of pyridine rings is 1. The van der Waals surface area contributed by atoms with Crippen LogP contribution in [0, 0.1) is 5.82 Å². The molecule has 9 heteroatoms. The molecule has 2 unspecified atom stereocenters. The molecule has 2 aliphatic rings. The van der Waals surface area contributed by atoms with Gasteiger partial charge >= 0.3 is 6.18 Å². The van der Waals surface area contributed by atoms with Crippen LogP contribution in [0.4, 0.5) is 23.4 Å². The normalized spacial score (nSPS) is 21.5. The first kappa shape index (κ1) is 20.5. The molecule has 1 aromatic carbocycles. The lowest BCUT2D eigenvalue weighted by molar-refractivity contribution is -0.137. The molecule has 1 fully saturated rings. The van der Waals surface area contributed by atoms with Gasteiger partial charge in [-0.1, -0.05) is 6.07 Å². The number of nitrogens with one attached hydrogen (secondary N) is 1. The zero-order valence-electron chi connectivity index (χ0n) is 16.3. The topological polar surface area (TPSA) is 63.4 Å². The van der Waals surface area contributed by atoms with E-state index in [0.29, 0.717) is 48.5 Å². The summed E-state index contributed by atoms with van der Waals surface area (Å²) in [5.41, 5.74) is 6.58. The van der Waals surface area contributed by atoms with Gasteiger partial charge in [0.2, 0.25) is 0 Å². The van der Waals surface area contributed by atoms with E-state index in [1.54, 1.807) is 23.2 Å². The second kappa shape index (κ2) is 7.79. The fraction of sp³-hybridized carbons (Fsp3) is 0.381. The summed E-state index contributed by atoms with van der Waals surface area (Å²) in [7, 11) is 1.46. The summed E-state index contributed by atoms with van der Waals surface area (Å²) in [5, 5.41) is 3.11. The minimum atomic E-state index is -4.51. The number of methoxy groups -OCH3 is 1. The molecule has 5 nitrogen and oxygen atoms in total. The summed E-state index contributed by atoms with van der Waals surface area (Å²) < 4.78 is 60.3. The second-order valence-electron chi connectivity index (χ2n) is 7.51. The third-order valence-corrected chi connectivity index (χ3v) is 5.48. The molecule has 1 saturated heterocycles. The molecule has 3 heterocycles. The van der Waals surface area contributed by atoms with Crippen LogP contribution in [-0.2, 0) is 6.18 Å². The lowest BCUT2D eigenvalue weighted by Gasteiger charge is -2.23. The highest BCUT2D eigenvalue weighted by molar-refractivity contribution is 5.73. The maximum Gasteiger partial charge on any atom is 0.419 e. The highest BCUT2D eigenvalue weighted by Crippen LogP contribution is 2.40. The van der Waals surface area contributed by atoms with E-state index < -0.39 is 17.6 Å². The lowest BCUT2D eigenvalue weighted by atomic mass is 9.99. The first-order valence-electron chi connectivity index (χ1n) is 9.64. The molecule has 2 aromatic rings. The van der Waals surface area contributed by atoms with E-state index in [4.69, 9.17) is 10.5 Å². The number of alkyl halides is 3. The fourth-order valence-corrected chi connectivity index (χ4v) is 3.99. The van der Waals surface area contributed by atoms with E-state index in [2.05, 4.69) is 10.3 Å². The zero-order chi connectivity index (χ0) is 21.5. The first-order valence-corrected chi connectivity index (χ1v) is 9.64. The van der Waals surface area contributed by atoms with Gasteiger partial charge in [0.05, 0.1) is 30.0 Å². The van der Waals surface area contributed by atoms with Crippen LogP contribution in [0.15, 0.2) is 36.5 Å². The van der Waals surface area contributed by atoms with Gasteiger partial charge < -0.3 is 20.7 Å². The Morgan fingerprint density at radius 1 is 1.23 bits per heavy atom. The Bertz CT molecular complexity index is 976. The van der Waals surface area contributed by atoms with Crippen molar-refractivity contribution in [2.45, 2.75) is 31.1 Å². The third kappa shape index (κ3) is 3.81. The maximum absolute atomic E-state index is 14.4. The van der Waals surface area contributed by atoms with Crippen molar-refractivity contribution in [2.75, 3.05) is 25.1 Å². The molecule has 0 bridgehead atoms. The average molecular weight is 422 g/mol. The van der Waals surface area contributed by atoms with E-state index in [1.807, 2.05) is 0 Å². The maximum atomic E-state index is 14.4. The van der Waals surface area contributed by atoms with Crippen LogP contribution in [0.1, 0.15) is 35.7 Å². The van der Waals surface area contributed by atoms with Crippen molar-refractivity contribution in [3.05, 3.63) is 59.2 Å². The van der Waals surface area contributed by atoms with Crippen LogP contribution in [0.25, 0.3) is 5.57 Å². The van der Waals surface area contributed by atoms with E-state index in [9.17, 15) is 17.6 Å². The van der Waals surface area contributed by atoms with Crippen LogP contribution in [0.5, 0.6) is 5.75 Å². The SMILES string of the molecule is COc1cccc(F)c1C1=CNC(c2ccc(C(F)(F)F)c(N3CCC(N)C3)n2)C1. The van der Waals surface area contributed by atoms with Crippen LogP contribution >= 0.6 is 0 Å². The number of hydrogen-bond acceptors (Lipinski definition) is 5. The lowest BCUT2D eigenvalue weighted by Crippen LogP contribution is -2.29. The Balaban J connectivity index is 1.63. The van der Waals surface area contributed by atoms with Crippen LogP contribution < -0.4 is 20.7 Å². The number of benzene rings is 1. The summed E-state index contributed by atoms with van der Waals surface area (Å²) in [6, 6.07) is 6.45. The van der Waals surface area contributed by atoms with E-state index in [1.165, 1.54) is 19.2 Å². The minimum Gasteiger partial charge on any atom is -0.496 e. The molecule has 0 aliphatic carbocycles. The molecule has 2 aliphatic heterocycles. The predicted molar refractivity (Wildman–Crippen MR) is 105 cm³/mol. The first-order chi connectivity index (χ1) is 14.3. The molecule has 1 aromatic heterocycles. The van der Waals surface area contributed by atoms with Crippen LogP contribution in [0.3, 0.4) is 0 Å². The molecule has 160 valence electrons. The van der Waals surface area contributed by atoms with Crippen molar-refractivity contribution in [3.63, 3.8) is 0 Å². The average Bonchev–Trinajstić information content (AvgIpc) is 3.36. The molecule has 4 rings (SSSR count). The second-order valence-corrected chi connectivity index (χ2v) is 7.51. The quantitative estimate of drug-likeness (QED) is 0.733. The standard InChI is InChI=1S/C21H22F4N4O/c1-30-18-4-2-3-15(22)19(18)12-9-17(27-10-12)16-6-5-14(21(23,24)25)20(28-16)29-8-7-13(26)11-29/h2-6,10,13,17,27H,7-9,11,26H2,1H3. The van der Waals surface area contributed by atoms with Crippen molar-refractivity contribution in [3.8, 4) is 5.75 Å². The van der Waals surface area contributed by atoms with Gasteiger partial charge in [0.25, 0.3) is 0 Å². The van der Waals surface area contributed by atoms with Gasteiger partial charge in [-0.15, -0.1) is 0 Å². The molecule has 0 amide bonds. The van der Waals surface area contributed by atoms with Crippen molar-refractivity contribution in [1.29, 1.82) is 0 Å². The Hall–Kier alpha value is -2.81. The number of hydrogen-bond donors (Lipinski definition) is 2. The van der Waals surface area contributed by atoms with E-state index in [-0.39, 0.29) is 17.9 Å².